The van der Waals surface area contributed by atoms with Crippen molar-refractivity contribution >= 4 is 82.7 Å². The van der Waals surface area contributed by atoms with E-state index < -0.39 is 46.8 Å². The lowest BCUT2D eigenvalue weighted by Crippen LogP contribution is -2.30. The number of hydrogen-bond acceptors (Lipinski definition) is 10. The van der Waals surface area contributed by atoms with Gasteiger partial charge in [-0.25, -0.2) is 9.59 Å². The van der Waals surface area contributed by atoms with E-state index >= 15 is 0 Å². The maximum absolute atomic E-state index is 11.5. The van der Waals surface area contributed by atoms with E-state index in [9.17, 15) is 24.0 Å². The summed E-state index contributed by atoms with van der Waals surface area (Å²) in [5.41, 5.74) is 7.05. The van der Waals surface area contributed by atoms with E-state index in [1.54, 1.807) is 0 Å². The predicted molar refractivity (Wildman–Crippen MR) is 157 cm³/mol. The molecule has 42 heavy (non-hydrogen) atoms. The first-order chi connectivity index (χ1) is 19.0. The minimum Gasteiger partial charge on any atom is -0.480 e. The second-order valence-electron chi connectivity index (χ2n) is 7.95. The molecule has 2 aromatic carbocycles. The molecule has 12 nitrogen and oxygen atoms in total. The molecule has 0 saturated carbocycles. The van der Waals surface area contributed by atoms with Gasteiger partial charge >= 0.3 is 34.7 Å². The molecular formula is C26H30Cl4N2O10. The summed E-state index contributed by atoms with van der Waals surface area (Å²) in [5, 5.41) is 10.8. The van der Waals surface area contributed by atoms with Crippen LogP contribution in [0.2, 0.25) is 0 Å². The van der Waals surface area contributed by atoms with Gasteiger partial charge in [-0.2, -0.15) is 0 Å². The monoisotopic (exact) mass is 670 g/mol. The van der Waals surface area contributed by atoms with Gasteiger partial charge in [0.25, 0.3) is 0 Å². The highest BCUT2D eigenvalue weighted by Gasteiger charge is 2.32. The topological polar surface area (TPSA) is 188 Å². The van der Waals surface area contributed by atoms with Gasteiger partial charge in [0.05, 0.1) is 0 Å². The lowest BCUT2D eigenvalue weighted by molar-refractivity contribution is -0.146. The molecule has 2 aromatic rings. The highest BCUT2D eigenvalue weighted by atomic mass is 35.5. The fourth-order valence-electron chi connectivity index (χ4n) is 2.86. The molecule has 1 saturated heterocycles. The summed E-state index contributed by atoms with van der Waals surface area (Å²) >= 11 is 8.80. The molecule has 2 atom stereocenters. The summed E-state index contributed by atoms with van der Waals surface area (Å²) in [6.45, 7) is 0.392. The standard InChI is InChI=1S/C13H13NO5.C12H15NO4.CCl2O.2ClH/c15-11(18-8-9-4-2-1-3-5-9)7-6-10-12(16)19-13(17)14-10;13-10(12(15)16)6-7-11(14)17-8-9-4-2-1-3-5-9;2-1(3)4;;/h1-5,10H,6-8H2,(H,14,17);1-5,10H,6-8,13H2,(H,15,16);;2*1H/t;10-;;;/m.0.../s1. The average Bonchev–Trinajstić information content (AvgIpc) is 3.25. The second kappa shape index (κ2) is 23.2. The van der Waals surface area contributed by atoms with Crippen LogP contribution >= 0.6 is 48.0 Å². The number of nitrogens with two attached hydrogens (primary N) is 1. The van der Waals surface area contributed by atoms with E-state index in [2.05, 4.69) is 33.3 Å². The van der Waals surface area contributed by atoms with Crippen molar-refractivity contribution in [2.24, 2.45) is 5.73 Å². The number of cyclic esters (lactones) is 2. The molecule has 1 aliphatic heterocycles. The van der Waals surface area contributed by atoms with Gasteiger partial charge in [0.1, 0.15) is 25.3 Å². The van der Waals surface area contributed by atoms with Gasteiger partial charge in [-0.3, -0.25) is 19.2 Å². The zero-order chi connectivity index (χ0) is 29.9. The summed E-state index contributed by atoms with van der Waals surface area (Å²) in [6, 6.07) is 16.8. The van der Waals surface area contributed by atoms with E-state index in [0.717, 1.165) is 11.1 Å². The molecule has 0 aliphatic carbocycles. The molecule has 1 heterocycles. The zero-order valence-electron chi connectivity index (χ0n) is 21.9. The Morgan fingerprint density at radius 2 is 1.29 bits per heavy atom. The van der Waals surface area contributed by atoms with E-state index in [1.165, 1.54) is 0 Å². The zero-order valence-corrected chi connectivity index (χ0v) is 25.1. The number of carbonyl (C=O) groups is 6. The Labute approximate surface area is 264 Å². The molecule has 1 fully saturated rings. The summed E-state index contributed by atoms with van der Waals surface area (Å²) in [4.78, 5) is 64.0. The molecule has 3 rings (SSSR count). The Bertz CT molecular complexity index is 1140. The number of esters is 3. The van der Waals surface area contributed by atoms with Crippen molar-refractivity contribution in [3.05, 3.63) is 71.8 Å². The lowest BCUT2D eigenvalue weighted by Gasteiger charge is -2.07. The van der Waals surface area contributed by atoms with Crippen LogP contribution in [-0.4, -0.2) is 51.9 Å². The molecule has 232 valence electrons. The number of carboxylic acids is 1. The number of hydrogen-bond donors (Lipinski definition) is 3. The molecule has 1 aliphatic rings. The van der Waals surface area contributed by atoms with Crippen LogP contribution in [0.4, 0.5) is 9.59 Å². The van der Waals surface area contributed by atoms with E-state index in [0.29, 0.717) is 0 Å². The van der Waals surface area contributed by atoms with Crippen molar-refractivity contribution < 1.29 is 48.1 Å². The number of carbonyl (C=O) groups excluding carboxylic acids is 5. The predicted octanol–water partition coefficient (Wildman–Crippen LogP) is 4.49. The molecule has 0 aromatic heterocycles. The Hall–Kier alpha value is -3.42. The van der Waals surface area contributed by atoms with Gasteiger partial charge in [0.15, 0.2) is 0 Å². The Morgan fingerprint density at radius 3 is 1.67 bits per heavy atom. The average molecular weight is 672 g/mol. The molecular weight excluding hydrogens is 642 g/mol. The molecule has 0 spiro atoms. The fraction of sp³-hybridized carbons (Fsp3) is 0.308. The first-order valence-electron chi connectivity index (χ1n) is 11.7. The van der Waals surface area contributed by atoms with Crippen molar-refractivity contribution in [3.8, 4) is 0 Å². The quantitative estimate of drug-likeness (QED) is 0.132. The van der Waals surface area contributed by atoms with Crippen molar-refractivity contribution in [3.63, 3.8) is 0 Å². The minimum atomic E-state index is -1.11. The number of rotatable bonds is 11. The SMILES string of the molecule is Cl.Cl.N[C@@H](CCC(=O)OCc1ccccc1)C(=O)O.O=C(CCC1NC(=O)OC1=O)OCc1ccccc1.O=C(Cl)Cl. The molecule has 4 N–H and O–H groups in total. The van der Waals surface area contributed by atoms with Crippen LogP contribution < -0.4 is 11.1 Å². The Morgan fingerprint density at radius 1 is 0.857 bits per heavy atom. The highest BCUT2D eigenvalue weighted by molar-refractivity contribution is 6.93. The highest BCUT2D eigenvalue weighted by Crippen LogP contribution is 2.09. The first kappa shape index (κ1) is 40.7. The smallest absolute Gasteiger partial charge is 0.415 e. The maximum atomic E-state index is 11.5. The first-order valence-corrected chi connectivity index (χ1v) is 12.5. The number of ether oxygens (including phenoxy) is 3. The molecule has 1 amide bonds. The van der Waals surface area contributed by atoms with Crippen LogP contribution in [0.15, 0.2) is 60.7 Å². The Kier molecular flexibility index (Phi) is 22.5. The molecule has 1 unspecified atom stereocenters. The summed E-state index contributed by atoms with van der Waals surface area (Å²) in [5.74, 6) is -2.62. The van der Waals surface area contributed by atoms with E-state index in [1.807, 2.05) is 60.7 Å². The third kappa shape index (κ3) is 19.6. The number of benzene rings is 2. The number of aliphatic carboxylic acids is 1. The number of alkyl carbamates (subject to hydrolysis) is 1. The van der Waals surface area contributed by atoms with Crippen LogP contribution in [-0.2, 0) is 46.6 Å². The largest absolute Gasteiger partial charge is 0.480 e. The van der Waals surface area contributed by atoms with Gasteiger partial charge in [-0.15, -0.1) is 24.8 Å². The van der Waals surface area contributed by atoms with Crippen molar-refractivity contribution in [1.29, 1.82) is 0 Å². The third-order valence-corrected chi connectivity index (χ3v) is 4.87. The molecule has 16 heteroatoms. The van der Waals surface area contributed by atoms with Crippen molar-refractivity contribution in [2.45, 2.75) is 51.0 Å². The molecule has 0 radical (unpaired) electrons. The summed E-state index contributed by atoms with van der Waals surface area (Å²) in [6.07, 6.45) is -0.443. The Balaban J connectivity index is 0. The normalized spacial score (nSPS) is 13.5. The maximum Gasteiger partial charge on any atom is 0.415 e. The molecule has 0 bridgehead atoms. The fourth-order valence-corrected chi connectivity index (χ4v) is 2.86. The number of amides is 1. The van der Waals surface area contributed by atoms with Gasteiger partial charge in [-0.05, 0) is 47.2 Å². The van der Waals surface area contributed by atoms with Gasteiger partial charge < -0.3 is 30.4 Å². The van der Waals surface area contributed by atoms with Crippen LogP contribution in [0.25, 0.3) is 0 Å². The van der Waals surface area contributed by atoms with E-state index in [4.69, 9.17) is 25.1 Å². The lowest BCUT2D eigenvalue weighted by atomic mass is 10.1. The number of carboxylic acid groups (broad SMARTS) is 1. The number of halogens is 4. The van der Waals surface area contributed by atoms with Gasteiger partial charge in [-0.1, -0.05) is 60.7 Å². The van der Waals surface area contributed by atoms with Crippen molar-refractivity contribution in [2.75, 3.05) is 0 Å². The third-order valence-electron chi connectivity index (χ3n) is 4.87. The van der Waals surface area contributed by atoms with Crippen LogP contribution in [0.1, 0.15) is 36.8 Å². The van der Waals surface area contributed by atoms with E-state index in [-0.39, 0.29) is 63.7 Å². The summed E-state index contributed by atoms with van der Waals surface area (Å²) < 4.78 is 13.4. The van der Waals surface area contributed by atoms with Crippen molar-refractivity contribution in [1.82, 2.24) is 5.32 Å². The minimum absolute atomic E-state index is 0. The van der Waals surface area contributed by atoms with Gasteiger partial charge in [0.2, 0.25) is 0 Å². The summed E-state index contributed by atoms with van der Waals surface area (Å²) in [7, 11) is 0. The van der Waals surface area contributed by atoms with Crippen LogP contribution in [0.3, 0.4) is 0 Å². The second-order valence-corrected chi connectivity index (χ2v) is 8.83. The van der Waals surface area contributed by atoms with Crippen LogP contribution in [0.5, 0.6) is 0 Å². The number of nitrogens with one attached hydrogen (secondary N) is 1. The van der Waals surface area contributed by atoms with Crippen LogP contribution in [0, 0.1) is 0 Å². The van der Waals surface area contributed by atoms with Gasteiger partial charge in [0, 0.05) is 12.8 Å².